The third-order valence-electron chi connectivity index (χ3n) is 5.89. The highest BCUT2D eigenvalue weighted by Gasteiger charge is 2.21. The summed E-state index contributed by atoms with van der Waals surface area (Å²) in [4.78, 5) is 4.82. The summed E-state index contributed by atoms with van der Waals surface area (Å²) in [6, 6.07) is 28.7. The van der Waals surface area contributed by atoms with Crippen LogP contribution in [-0.4, -0.2) is 16.0 Å². The highest BCUT2D eigenvalue weighted by molar-refractivity contribution is 5.87. The number of rotatable bonds is 6. The molecule has 5 heteroatoms. The molecule has 2 heterocycles. The molecule has 0 aliphatic heterocycles. The van der Waals surface area contributed by atoms with Crippen LogP contribution in [-0.2, 0) is 6.42 Å². The smallest absolute Gasteiger partial charge is 0.157 e. The first-order chi connectivity index (χ1) is 16.2. The fraction of sp³-hybridized carbons (Fsp3) is 0.143. The standard InChI is InChI=1S/C28H24N4O/c1-3-33-22-15-13-21(14-16-22)30-27-23(17-20-9-5-4-6-10-20)19(2)24(18-29)28-31-25-11-7-8-12-26(25)32(27)28/h4-16,30H,3,17H2,1-2H3. The maximum Gasteiger partial charge on any atom is 0.157 e. The summed E-state index contributed by atoms with van der Waals surface area (Å²) in [5.41, 5.74) is 7.24. The fourth-order valence-electron chi connectivity index (χ4n) is 4.27. The predicted octanol–water partition coefficient (Wildman–Crippen LogP) is 6.40. The van der Waals surface area contributed by atoms with Gasteiger partial charge in [0.25, 0.3) is 0 Å². The van der Waals surface area contributed by atoms with E-state index in [0.29, 0.717) is 24.2 Å². The van der Waals surface area contributed by atoms with Crippen LogP contribution in [0.5, 0.6) is 5.75 Å². The SMILES string of the molecule is CCOc1ccc(Nc2c(Cc3ccccc3)c(C)c(C#N)c3nc4ccccc4n23)cc1. The van der Waals surface area contributed by atoms with Crippen LogP contribution >= 0.6 is 0 Å². The zero-order valence-electron chi connectivity index (χ0n) is 18.7. The van der Waals surface area contributed by atoms with Crippen molar-refractivity contribution in [2.24, 2.45) is 0 Å². The molecule has 3 aromatic carbocycles. The molecule has 5 rings (SSSR count). The summed E-state index contributed by atoms with van der Waals surface area (Å²) in [6.07, 6.45) is 0.698. The molecule has 5 aromatic rings. The molecular weight excluding hydrogens is 408 g/mol. The molecule has 0 spiro atoms. The van der Waals surface area contributed by atoms with Gasteiger partial charge in [-0.25, -0.2) is 4.98 Å². The number of anilines is 2. The molecular formula is C28H24N4O. The number of para-hydroxylation sites is 2. The molecule has 0 radical (unpaired) electrons. The zero-order chi connectivity index (χ0) is 22.8. The van der Waals surface area contributed by atoms with Gasteiger partial charge in [-0.3, -0.25) is 4.40 Å². The third-order valence-corrected chi connectivity index (χ3v) is 5.89. The van der Waals surface area contributed by atoms with Gasteiger partial charge in [0.15, 0.2) is 5.65 Å². The number of fused-ring (bicyclic) bond motifs is 3. The van der Waals surface area contributed by atoms with E-state index < -0.39 is 0 Å². The molecule has 162 valence electrons. The summed E-state index contributed by atoms with van der Waals surface area (Å²) >= 11 is 0. The average molecular weight is 433 g/mol. The minimum atomic E-state index is 0.606. The Morgan fingerprint density at radius 1 is 0.970 bits per heavy atom. The lowest BCUT2D eigenvalue weighted by molar-refractivity contribution is 0.340. The molecule has 0 aliphatic carbocycles. The van der Waals surface area contributed by atoms with Gasteiger partial charge in [0.05, 0.1) is 23.2 Å². The van der Waals surface area contributed by atoms with Gasteiger partial charge in [-0.05, 0) is 61.4 Å². The number of pyridine rings is 1. The van der Waals surface area contributed by atoms with E-state index in [1.165, 1.54) is 5.56 Å². The predicted molar refractivity (Wildman–Crippen MR) is 132 cm³/mol. The van der Waals surface area contributed by atoms with Crippen LogP contribution in [0.1, 0.15) is 29.2 Å². The minimum Gasteiger partial charge on any atom is -0.494 e. The van der Waals surface area contributed by atoms with E-state index in [0.717, 1.165) is 39.4 Å². The van der Waals surface area contributed by atoms with Crippen LogP contribution < -0.4 is 10.1 Å². The molecule has 0 atom stereocenters. The van der Waals surface area contributed by atoms with Crippen molar-refractivity contribution in [3.8, 4) is 11.8 Å². The normalized spacial score (nSPS) is 10.9. The van der Waals surface area contributed by atoms with Crippen LogP contribution in [0.15, 0.2) is 78.9 Å². The Kier molecular flexibility index (Phi) is 5.42. The fourth-order valence-corrected chi connectivity index (χ4v) is 4.27. The maximum absolute atomic E-state index is 10.1. The second-order valence-electron chi connectivity index (χ2n) is 7.94. The lowest BCUT2D eigenvalue weighted by atomic mass is 9.97. The summed E-state index contributed by atoms with van der Waals surface area (Å²) in [5.74, 6) is 1.75. The number of hydrogen-bond acceptors (Lipinski definition) is 4. The Morgan fingerprint density at radius 2 is 1.70 bits per heavy atom. The van der Waals surface area contributed by atoms with Gasteiger partial charge in [-0.1, -0.05) is 42.5 Å². The van der Waals surface area contributed by atoms with Crippen molar-refractivity contribution in [1.29, 1.82) is 5.26 Å². The van der Waals surface area contributed by atoms with Crippen LogP contribution in [0.2, 0.25) is 0 Å². The Morgan fingerprint density at radius 3 is 2.42 bits per heavy atom. The molecule has 0 saturated carbocycles. The van der Waals surface area contributed by atoms with Crippen LogP contribution in [0, 0.1) is 18.3 Å². The second-order valence-corrected chi connectivity index (χ2v) is 7.94. The van der Waals surface area contributed by atoms with Gasteiger partial charge < -0.3 is 10.1 Å². The van der Waals surface area contributed by atoms with Crippen molar-refractivity contribution in [1.82, 2.24) is 9.38 Å². The molecule has 33 heavy (non-hydrogen) atoms. The van der Waals surface area contributed by atoms with Crippen molar-refractivity contribution in [3.05, 3.63) is 101 Å². The first-order valence-electron chi connectivity index (χ1n) is 11.1. The highest BCUT2D eigenvalue weighted by Crippen LogP contribution is 2.34. The van der Waals surface area contributed by atoms with Gasteiger partial charge in [0, 0.05) is 17.7 Å². The average Bonchev–Trinajstić information content (AvgIpc) is 3.23. The van der Waals surface area contributed by atoms with E-state index >= 15 is 0 Å². The molecule has 0 fully saturated rings. The van der Waals surface area contributed by atoms with Crippen LogP contribution in [0.25, 0.3) is 16.7 Å². The summed E-state index contributed by atoms with van der Waals surface area (Å²) in [6.45, 7) is 4.62. The molecule has 0 amide bonds. The largest absolute Gasteiger partial charge is 0.494 e. The van der Waals surface area contributed by atoms with Gasteiger partial charge in [-0.2, -0.15) is 5.26 Å². The number of nitrogens with one attached hydrogen (secondary N) is 1. The number of aromatic nitrogens is 2. The van der Waals surface area contributed by atoms with E-state index in [-0.39, 0.29) is 0 Å². The Balaban J connectivity index is 1.76. The van der Waals surface area contributed by atoms with E-state index in [4.69, 9.17) is 9.72 Å². The molecule has 0 bridgehead atoms. The topological polar surface area (TPSA) is 62.3 Å². The summed E-state index contributed by atoms with van der Waals surface area (Å²) in [5, 5.41) is 13.7. The maximum atomic E-state index is 10.1. The number of benzene rings is 3. The molecule has 5 nitrogen and oxygen atoms in total. The van der Waals surface area contributed by atoms with Crippen molar-refractivity contribution in [3.63, 3.8) is 0 Å². The number of nitrogens with zero attached hydrogens (tertiary/aromatic N) is 3. The van der Waals surface area contributed by atoms with Gasteiger partial charge >= 0.3 is 0 Å². The number of hydrogen-bond donors (Lipinski definition) is 1. The molecule has 0 unspecified atom stereocenters. The van der Waals surface area contributed by atoms with Crippen molar-refractivity contribution < 1.29 is 4.74 Å². The van der Waals surface area contributed by atoms with E-state index in [9.17, 15) is 5.26 Å². The summed E-state index contributed by atoms with van der Waals surface area (Å²) in [7, 11) is 0. The van der Waals surface area contributed by atoms with Gasteiger partial charge in [0.2, 0.25) is 0 Å². The first-order valence-corrected chi connectivity index (χ1v) is 11.1. The second kappa shape index (κ2) is 8.68. The van der Waals surface area contributed by atoms with Gasteiger partial charge in [0.1, 0.15) is 17.6 Å². The Hall–Kier alpha value is -4.30. The van der Waals surface area contributed by atoms with E-state index in [1.807, 2.05) is 80.6 Å². The molecule has 0 saturated heterocycles. The van der Waals surface area contributed by atoms with Crippen LogP contribution in [0.3, 0.4) is 0 Å². The Labute approximate surface area is 192 Å². The molecule has 2 aromatic heterocycles. The van der Waals surface area contributed by atoms with Crippen molar-refractivity contribution in [2.45, 2.75) is 20.3 Å². The van der Waals surface area contributed by atoms with Gasteiger partial charge in [-0.15, -0.1) is 0 Å². The highest BCUT2D eigenvalue weighted by atomic mass is 16.5. The van der Waals surface area contributed by atoms with E-state index in [2.05, 4.69) is 27.9 Å². The van der Waals surface area contributed by atoms with Crippen molar-refractivity contribution >= 4 is 28.2 Å². The minimum absolute atomic E-state index is 0.606. The number of ether oxygens (including phenoxy) is 1. The quantitative estimate of drug-likeness (QED) is 0.337. The Bertz CT molecular complexity index is 1480. The monoisotopic (exact) mass is 432 g/mol. The lowest BCUT2D eigenvalue weighted by Crippen LogP contribution is -2.09. The number of nitriles is 1. The molecule has 0 aliphatic rings. The zero-order valence-corrected chi connectivity index (χ0v) is 18.7. The third kappa shape index (κ3) is 3.77. The van der Waals surface area contributed by atoms with Crippen molar-refractivity contribution in [2.75, 3.05) is 11.9 Å². The lowest BCUT2D eigenvalue weighted by Gasteiger charge is -2.19. The first kappa shape index (κ1) is 20.6. The van der Waals surface area contributed by atoms with Crippen LogP contribution in [0.4, 0.5) is 11.5 Å². The summed E-state index contributed by atoms with van der Waals surface area (Å²) < 4.78 is 7.68. The molecule has 1 N–H and O–H groups in total. The van der Waals surface area contributed by atoms with E-state index in [1.54, 1.807) is 0 Å². The number of imidazole rings is 1.